The number of aromatic nitrogens is 3. The Bertz CT molecular complexity index is 696. The van der Waals surface area contributed by atoms with Crippen molar-refractivity contribution in [2.75, 3.05) is 18.1 Å². The van der Waals surface area contributed by atoms with Crippen LogP contribution in [0.25, 0.3) is 0 Å². The average Bonchev–Trinajstić information content (AvgIpc) is 2.70. The van der Waals surface area contributed by atoms with Crippen LogP contribution >= 0.6 is 11.8 Å². The quantitative estimate of drug-likeness (QED) is 0.511. The molecule has 0 N–H and O–H groups in total. The van der Waals surface area contributed by atoms with E-state index in [4.69, 9.17) is 0 Å². The lowest BCUT2D eigenvalue weighted by Crippen LogP contribution is -2.26. The van der Waals surface area contributed by atoms with Gasteiger partial charge in [-0.25, -0.2) is 0 Å². The second kappa shape index (κ2) is 10.7. The normalized spacial score (nSPS) is 11.0. The van der Waals surface area contributed by atoms with Crippen LogP contribution in [0.1, 0.15) is 17.1 Å². The Morgan fingerprint density at radius 1 is 0.654 bits per heavy atom. The minimum atomic E-state index is 0.845. The van der Waals surface area contributed by atoms with E-state index in [1.807, 2.05) is 60.7 Å². The van der Waals surface area contributed by atoms with Crippen molar-refractivity contribution in [2.45, 2.75) is 19.5 Å². The van der Waals surface area contributed by atoms with Crippen molar-refractivity contribution in [2.24, 2.45) is 0 Å². The molecular formula is C21H24N4S. The number of nitrogens with zero attached hydrogens (tertiary/aromatic N) is 4. The van der Waals surface area contributed by atoms with Gasteiger partial charge < -0.3 is 0 Å². The summed E-state index contributed by atoms with van der Waals surface area (Å²) < 4.78 is 0. The number of hydrogen-bond acceptors (Lipinski definition) is 5. The van der Waals surface area contributed by atoms with Crippen molar-refractivity contribution in [3.8, 4) is 0 Å². The molecule has 5 heteroatoms. The number of rotatable bonds is 10. The standard InChI is InChI=1S/C21H24N4S/c1-4-11-22-19(7-1)10-15-26-16-14-25(17-20-8-2-5-12-23-20)18-21-9-3-6-13-24-21/h1-9,11-13H,10,14-18H2. The first-order valence-electron chi connectivity index (χ1n) is 8.90. The topological polar surface area (TPSA) is 41.9 Å². The van der Waals surface area contributed by atoms with Crippen molar-refractivity contribution in [1.29, 1.82) is 0 Å². The Morgan fingerprint density at radius 3 is 1.69 bits per heavy atom. The van der Waals surface area contributed by atoms with Gasteiger partial charge in [-0.15, -0.1) is 0 Å². The smallest absolute Gasteiger partial charge is 0.0544 e. The van der Waals surface area contributed by atoms with E-state index in [0.29, 0.717) is 0 Å². The Kier molecular flexibility index (Phi) is 7.62. The number of hydrogen-bond donors (Lipinski definition) is 0. The summed E-state index contributed by atoms with van der Waals surface area (Å²) in [5.74, 6) is 2.19. The van der Waals surface area contributed by atoms with Crippen molar-refractivity contribution < 1.29 is 0 Å². The van der Waals surface area contributed by atoms with Crippen LogP contribution in [0, 0.1) is 0 Å². The molecule has 0 spiro atoms. The van der Waals surface area contributed by atoms with E-state index in [-0.39, 0.29) is 0 Å². The molecule has 0 saturated heterocycles. The van der Waals surface area contributed by atoms with Gasteiger partial charge in [0.2, 0.25) is 0 Å². The fourth-order valence-corrected chi connectivity index (χ4v) is 3.62. The van der Waals surface area contributed by atoms with Gasteiger partial charge in [-0.05, 0) is 48.6 Å². The molecule has 0 unspecified atom stereocenters. The summed E-state index contributed by atoms with van der Waals surface area (Å²) in [5.41, 5.74) is 3.36. The highest BCUT2D eigenvalue weighted by Gasteiger charge is 2.08. The number of aryl methyl sites for hydroxylation is 1. The van der Waals surface area contributed by atoms with Crippen LogP contribution in [-0.2, 0) is 19.5 Å². The highest BCUT2D eigenvalue weighted by Crippen LogP contribution is 2.10. The molecule has 0 aliphatic rings. The summed E-state index contributed by atoms with van der Waals surface area (Å²) in [7, 11) is 0. The molecule has 26 heavy (non-hydrogen) atoms. The van der Waals surface area contributed by atoms with Gasteiger partial charge in [0.15, 0.2) is 0 Å². The van der Waals surface area contributed by atoms with Gasteiger partial charge in [0.05, 0.1) is 11.4 Å². The van der Waals surface area contributed by atoms with Crippen LogP contribution < -0.4 is 0 Å². The molecule has 0 aromatic carbocycles. The molecule has 0 aliphatic carbocycles. The van der Waals surface area contributed by atoms with Crippen LogP contribution in [0.4, 0.5) is 0 Å². The highest BCUT2D eigenvalue weighted by molar-refractivity contribution is 7.99. The lowest BCUT2D eigenvalue weighted by molar-refractivity contribution is 0.267. The summed E-state index contributed by atoms with van der Waals surface area (Å²) in [6, 6.07) is 18.3. The Morgan fingerprint density at radius 2 is 1.19 bits per heavy atom. The molecule has 0 amide bonds. The molecule has 3 aromatic rings. The molecule has 0 fully saturated rings. The van der Waals surface area contributed by atoms with Crippen molar-refractivity contribution in [3.05, 3.63) is 90.3 Å². The van der Waals surface area contributed by atoms with Gasteiger partial charge in [-0.2, -0.15) is 11.8 Å². The van der Waals surface area contributed by atoms with E-state index < -0.39 is 0 Å². The molecule has 0 saturated carbocycles. The van der Waals surface area contributed by atoms with Crippen molar-refractivity contribution >= 4 is 11.8 Å². The van der Waals surface area contributed by atoms with Gasteiger partial charge in [0, 0.05) is 49.7 Å². The van der Waals surface area contributed by atoms with E-state index in [1.165, 1.54) is 5.69 Å². The molecule has 4 nitrogen and oxygen atoms in total. The predicted octanol–water partition coefficient (Wildman–Crippen LogP) is 3.85. The van der Waals surface area contributed by atoms with E-state index in [1.54, 1.807) is 0 Å². The summed E-state index contributed by atoms with van der Waals surface area (Å²) in [6.07, 6.45) is 6.60. The average molecular weight is 365 g/mol. The molecule has 0 atom stereocenters. The van der Waals surface area contributed by atoms with Gasteiger partial charge in [-0.1, -0.05) is 18.2 Å². The molecule has 0 radical (unpaired) electrons. The minimum Gasteiger partial charge on any atom is -0.291 e. The summed E-state index contributed by atoms with van der Waals surface area (Å²) in [4.78, 5) is 15.7. The molecule has 0 aliphatic heterocycles. The third kappa shape index (κ3) is 6.58. The highest BCUT2D eigenvalue weighted by atomic mass is 32.2. The summed E-state index contributed by atoms with van der Waals surface area (Å²) in [6.45, 7) is 2.70. The molecule has 134 valence electrons. The molecule has 3 heterocycles. The zero-order valence-corrected chi connectivity index (χ0v) is 15.7. The summed E-state index contributed by atoms with van der Waals surface area (Å²) in [5, 5.41) is 0. The van der Waals surface area contributed by atoms with Crippen molar-refractivity contribution in [1.82, 2.24) is 19.9 Å². The van der Waals surface area contributed by atoms with Crippen LogP contribution in [0.5, 0.6) is 0 Å². The molecule has 0 bridgehead atoms. The third-order valence-corrected chi connectivity index (χ3v) is 4.97. The van der Waals surface area contributed by atoms with E-state index in [9.17, 15) is 0 Å². The van der Waals surface area contributed by atoms with E-state index in [0.717, 1.165) is 48.9 Å². The Hall–Kier alpha value is -2.24. The number of thioether (sulfide) groups is 1. The largest absolute Gasteiger partial charge is 0.291 e. The fourth-order valence-electron chi connectivity index (χ4n) is 2.67. The van der Waals surface area contributed by atoms with Gasteiger partial charge >= 0.3 is 0 Å². The maximum atomic E-state index is 4.47. The zero-order valence-electron chi connectivity index (χ0n) is 14.9. The first-order chi connectivity index (χ1) is 12.9. The van der Waals surface area contributed by atoms with Gasteiger partial charge in [0.1, 0.15) is 0 Å². The first kappa shape index (κ1) is 18.5. The molecule has 3 rings (SSSR count). The van der Waals surface area contributed by atoms with Crippen LogP contribution in [-0.4, -0.2) is 37.9 Å². The maximum Gasteiger partial charge on any atom is 0.0544 e. The second-order valence-corrected chi connectivity index (χ2v) is 7.26. The van der Waals surface area contributed by atoms with Crippen LogP contribution in [0.15, 0.2) is 73.2 Å². The zero-order chi connectivity index (χ0) is 17.9. The Labute approximate surface area is 159 Å². The van der Waals surface area contributed by atoms with Gasteiger partial charge in [-0.3, -0.25) is 19.9 Å². The maximum absolute atomic E-state index is 4.47. The van der Waals surface area contributed by atoms with Crippen LogP contribution in [0.2, 0.25) is 0 Å². The molecular weight excluding hydrogens is 340 g/mol. The minimum absolute atomic E-state index is 0.845. The lowest BCUT2D eigenvalue weighted by atomic mass is 10.3. The predicted molar refractivity (Wildman–Crippen MR) is 108 cm³/mol. The lowest BCUT2D eigenvalue weighted by Gasteiger charge is -2.21. The SMILES string of the molecule is c1ccc(CCSCCN(Cc2ccccn2)Cc2ccccn2)nc1. The Balaban J connectivity index is 1.48. The number of pyridine rings is 3. The second-order valence-electron chi connectivity index (χ2n) is 6.04. The van der Waals surface area contributed by atoms with Crippen LogP contribution in [0.3, 0.4) is 0 Å². The first-order valence-corrected chi connectivity index (χ1v) is 10.1. The molecule has 3 aromatic heterocycles. The van der Waals surface area contributed by atoms with E-state index in [2.05, 4.69) is 44.1 Å². The monoisotopic (exact) mass is 364 g/mol. The third-order valence-electron chi connectivity index (χ3n) is 4.00. The van der Waals surface area contributed by atoms with E-state index >= 15 is 0 Å². The van der Waals surface area contributed by atoms with Crippen molar-refractivity contribution in [3.63, 3.8) is 0 Å². The van der Waals surface area contributed by atoms with Gasteiger partial charge in [0.25, 0.3) is 0 Å². The summed E-state index contributed by atoms with van der Waals surface area (Å²) >= 11 is 1.98. The fraction of sp³-hybridized carbons (Fsp3) is 0.286.